The number of carbonyl (C=O) groups excluding carboxylic acids is 2. The van der Waals surface area contributed by atoms with Gasteiger partial charge in [0.25, 0.3) is 5.91 Å². The third kappa shape index (κ3) is 2.67. The number of primary amides is 1. The Morgan fingerprint density at radius 3 is 2.79 bits per heavy atom. The number of hydrogen-bond donors (Lipinski definition) is 2. The van der Waals surface area contributed by atoms with Gasteiger partial charge in [0.2, 0.25) is 5.91 Å². The van der Waals surface area contributed by atoms with Gasteiger partial charge in [0, 0.05) is 13.1 Å². The molecule has 1 heterocycles. The number of amides is 2. The number of carbonyl (C=O) groups is 2. The van der Waals surface area contributed by atoms with Crippen molar-refractivity contribution in [2.24, 2.45) is 11.7 Å². The van der Waals surface area contributed by atoms with Gasteiger partial charge in [-0.25, -0.2) is 4.39 Å². The predicted molar refractivity (Wildman–Crippen MR) is 65.9 cm³/mol. The van der Waals surface area contributed by atoms with E-state index < -0.39 is 29.3 Å². The van der Waals surface area contributed by atoms with Crippen LogP contribution in [0.15, 0.2) is 18.2 Å². The number of piperidine rings is 1. The van der Waals surface area contributed by atoms with Crippen molar-refractivity contribution >= 4 is 11.8 Å². The lowest BCUT2D eigenvalue weighted by atomic mass is 9.96. The van der Waals surface area contributed by atoms with Gasteiger partial charge in [0.05, 0.1) is 5.92 Å². The fourth-order valence-corrected chi connectivity index (χ4v) is 2.28. The average molecular weight is 266 g/mol. The number of likely N-dealkylation sites (tertiary alicyclic amines) is 1. The Morgan fingerprint density at radius 1 is 1.42 bits per heavy atom. The molecule has 6 heteroatoms. The number of rotatable bonds is 2. The van der Waals surface area contributed by atoms with Gasteiger partial charge in [-0.05, 0) is 25.0 Å². The fourth-order valence-electron chi connectivity index (χ4n) is 2.28. The van der Waals surface area contributed by atoms with E-state index in [1.54, 1.807) is 0 Å². The molecule has 1 aliphatic heterocycles. The third-order valence-electron chi connectivity index (χ3n) is 3.32. The van der Waals surface area contributed by atoms with E-state index in [0.717, 1.165) is 6.07 Å². The van der Waals surface area contributed by atoms with Crippen molar-refractivity contribution in [2.75, 3.05) is 13.1 Å². The Morgan fingerprint density at radius 2 is 2.16 bits per heavy atom. The van der Waals surface area contributed by atoms with Gasteiger partial charge in [-0.1, -0.05) is 6.07 Å². The molecule has 2 rings (SSSR count). The molecule has 0 aliphatic carbocycles. The van der Waals surface area contributed by atoms with E-state index in [0.29, 0.717) is 19.4 Å². The zero-order valence-electron chi connectivity index (χ0n) is 10.3. The summed E-state index contributed by atoms with van der Waals surface area (Å²) < 4.78 is 13.6. The lowest BCUT2D eigenvalue weighted by Crippen LogP contribution is -2.44. The summed E-state index contributed by atoms with van der Waals surface area (Å²) in [6.45, 7) is 0.596. The molecule has 0 spiro atoms. The highest BCUT2D eigenvalue weighted by Crippen LogP contribution is 2.24. The van der Waals surface area contributed by atoms with Gasteiger partial charge in [-0.3, -0.25) is 9.59 Å². The first-order valence-corrected chi connectivity index (χ1v) is 6.06. The summed E-state index contributed by atoms with van der Waals surface area (Å²) >= 11 is 0. The fraction of sp³-hybridized carbons (Fsp3) is 0.385. The Bertz CT molecular complexity index is 498. The van der Waals surface area contributed by atoms with E-state index in [4.69, 9.17) is 5.73 Å². The molecule has 19 heavy (non-hydrogen) atoms. The summed E-state index contributed by atoms with van der Waals surface area (Å²) in [5.41, 5.74) is 4.87. The summed E-state index contributed by atoms with van der Waals surface area (Å²) in [5.74, 6) is -2.65. The van der Waals surface area contributed by atoms with Crippen LogP contribution in [0.2, 0.25) is 0 Å². The SMILES string of the molecule is NC(=O)C1CCCN(C(=O)c2c(O)cccc2F)C1. The second-order valence-electron chi connectivity index (χ2n) is 4.63. The Kier molecular flexibility index (Phi) is 3.69. The first-order chi connectivity index (χ1) is 9.00. The number of benzene rings is 1. The molecule has 1 atom stereocenters. The molecule has 102 valence electrons. The molecule has 1 fully saturated rings. The normalized spacial score (nSPS) is 19.2. The third-order valence-corrected chi connectivity index (χ3v) is 3.32. The average Bonchev–Trinajstić information content (AvgIpc) is 2.38. The zero-order valence-corrected chi connectivity index (χ0v) is 10.3. The molecule has 1 aliphatic rings. The molecular formula is C13H15FN2O3. The van der Waals surface area contributed by atoms with E-state index in [2.05, 4.69) is 0 Å². The van der Waals surface area contributed by atoms with Crippen LogP contribution in [0.25, 0.3) is 0 Å². The molecule has 2 amide bonds. The van der Waals surface area contributed by atoms with Crippen LogP contribution in [-0.4, -0.2) is 34.9 Å². The first-order valence-electron chi connectivity index (χ1n) is 6.06. The van der Waals surface area contributed by atoms with Gasteiger partial charge in [-0.15, -0.1) is 0 Å². The van der Waals surface area contributed by atoms with Crippen LogP contribution in [0.3, 0.4) is 0 Å². The van der Waals surface area contributed by atoms with E-state index in [-0.39, 0.29) is 12.1 Å². The first kappa shape index (κ1) is 13.3. The standard InChI is InChI=1S/C13H15FN2O3/c14-9-4-1-5-10(17)11(9)13(19)16-6-2-3-8(7-16)12(15)18/h1,4-5,8,17H,2-3,6-7H2,(H2,15,18). The van der Waals surface area contributed by atoms with E-state index >= 15 is 0 Å². The maximum atomic E-state index is 13.6. The van der Waals surface area contributed by atoms with Crippen molar-refractivity contribution in [3.8, 4) is 5.75 Å². The summed E-state index contributed by atoms with van der Waals surface area (Å²) in [4.78, 5) is 24.7. The number of nitrogens with zero attached hydrogens (tertiary/aromatic N) is 1. The Balaban J connectivity index is 2.22. The van der Waals surface area contributed by atoms with Crippen LogP contribution in [0.5, 0.6) is 5.75 Å². The molecule has 0 saturated carbocycles. The second-order valence-corrected chi connectivity index (χ2v) is 4.63. The monoisotopic (exact) mass is 266 g/mol. The minimum Gasteiger partial charge on any atom is -0.507 e. The predicted octanol–water partition coefficient (Wildman–Crippen LogP) is 0.869. The van der Waals surface area contributed by atoms with Crippen molar-refractivity contribution in [2.45, 2.75) is 12.8 Å². The Labute approximate surface area is 109 Å². The molecule has 0 radical (unpaired) electrons. The van der Waals surface area contributed by atoms with Gasteiger partial charge in [-0.2, -0.15) is 0 Å². The molecule has 3 N–H and O–H groups in total. The van der Waals surface area contributed by atoms with Crippen molar-refractivity contribution in [1.29, 1.82) is 0 Å². The molecule has 5 nitrogen and oxygen atoms in total. The van der Waals surface area contributed by atoms with Crippen molar-refractivity contribution in [1.82, 2.24) is 4.90 Å². The lowest BCUT2D eigenvalue weighted by molar-refractivity contribution is -0.123. The van der Waals surface area contributed by atoms with Gasteiger partial charge in [0.1, 0.15) is 17.1 Å². The minimum absolute atomic E-state index is 0.169. The van der Waals surface area contributed by atoms with Crippen LogP contribution in [-0.2, 0) is 4.79 Å². The number of halogens is 1. The van der Waals surface area contributed by atoms with E-state index in [1.807, 2.05) is 0 Å². The smallest absolute Gasteiger partial charge is 0.260 e. The summed E-state index contributed by atoms with van der Waals surface area (Å²) in [7, 11) is 0. The topological polar surface area (TPSA) is 83.6 Å². The lowest BCUT2D eigenvalue weighted by Gasteiger charge is -2.31. The zero-order chi connectivity index (χ0) is 14.0. The maximum absolute atomic E-state index is 13.6. The van der Waals surface area contributed by atoms with Crippen molar-refractivity contribution in [3.63, 3.8) is 0 Å². The number of hydrogen-bond acceptors (Lipinski definition) is 3. The highest BCUT2D eigenvalue weighted by molar-refractivity contribution is 5.97. The van der Waals surface area contributed by atoms with Gasteiger partial charge in [0.15, 0.2) is 0 Å². The van der Waals surface area contributed by atoms with Crippen molar-refractivity contribution < 1.29 is 19.1 Å². The van der Waals surface area contributed by atoms with Crippen LogP contribution < -0.4 is 5.73 Å². The van der Waals surface area contributed by atoms with E-state index in [9.17, 15) is 19.1 Å². The highest BCUT2D eigenvalue weighted by atomic mass is 19.1. The van der Waals surface area contributed by atoms with Gasteiger partial charge < -0.3 is 15.7 Å². The minimum atomic E-state index is -0.772. The van der Waals surface area contributed by atoms with Crippen molar-refractivity contribution in [3.05, 3.63) is 29.6 Å². The second kappa shape index (κ2) is 5.26. The molecular weight excluding hydrogens is 251 g/mol. The Hall–Kier alpha value is -2.11. The maximum Gasteiger partial charge on any atom is 0.260 e. The quantitative estimate of drug-likeness (QED) is 0.833. The molecule has 1 unspecified atom stereocenters. The summed E-state index contributed by atoms with van der Waals surface area (Å²) in [5, 5.41) is 9.59. The number of nitrogens with two attached hydrogens (primary N) is 1. The number of phenols is 1. The summed E-state index contributed by atoms with van der Waals surface area (Å²) in [6, 6.07) is 3.69. The van der Waals surface area contributed by atoms with Gasteiger partial charge >= 0.3 is 0 Å². The molecule has 0 aromatic heterocycles. The van der Waals surface area contributed by atoms with E-state index in [1.165, 1.54) is 17.0 Å². The summed E-state index contributed by atoms with van der Waals surface area (Å²) in [6.07, 6.45) is 1.26. The largest absolute Gasteiger partial charge is 0.507 e. The molecule has 0 bridgehead atoms. The highest BCUT2D eigenvalue weighted by Gasteiger charge is 2.29. The van der Waals surface area contributed by atoms with Crippen LogP contribution in [0, 0.1) is 11.7 Å². The number of aromatic hydroxyl groups is 1. The number of phenolic OH excluding ortho intramolecular Hbond substituents is 1. The van der Waals surface area contributed by atoms with Crippen LogP contribution in [0.4, 0.5) is 4.39 Å². The van der Waals surface area contributed by atoms with Crippen LogP contribution in [0.1, 0.15) is 23.2 Å². The molecule has 1 aromatic rings. The molecule has 1 aromatic carbocycles. The van der Waals surface area contributed by atoms with Crippen LogP contribution >= 0.6 is 0 Å². The molecule has 1 saturated heterocycles.